The topological polar surface area (TPSA) is 51.0 Å². The van der Waals surface area contributed by atoms with Crippen molar-refractivity contribution in [2.24, 2.45) is 11.1 Å². The van der Waals surface area contributed by atoms with E-state index in [4.69, 9.17) is 9.57 Å². The molecule has 1 aliphatic heterocycles. The van der Waals surface area contributed by atoms with Crippen molar-refractivity contribution in [3.8, 4) is 0 Å². The third-order valence-electron chi connectivity index (χ3n) is 3.35. The maximum Gasteiger partial charge on any atom is 0.127 e. The Bertz CT molecular complexity index is 418. The van der Waals surface area contributed by atoms with Gasteiger partial charge >= 0.3 is 0 Å². The van der Waals surface area contributed by atoms with E-state index in [9.17, 15) is 5.11 Å². The summed E-state index contributed by atoms with van der Waals surface area (Å²) in [5.41, 5.74) is 2.00. The van der Waals surface area contributed by atoms with E-state index in [0.29, 0.717) is 19.6 Å². The second kappa shape index (κ2) is 4.47. The second-order valence-electron chi connectivity index (χ2n) is 4.51. The molecule has 1 saturated carbocycles. The lowest BCUT2D eigenvalue weighted by Crippen LogP contribution is -2.22. The number of nitrogens with zero attached hydrogens (tertiary/aromatic N) is 1. The van der Waals surface area contributed by atoms with Crippen LogP contribution in [0.1, 0.15) is 12.0 Å². The van der Waals surface area contributed by atoms with Crippen molar-refractivity contribution in [2.75, 3.05) is 6.61 Å². The molecule has 17 heavy (non-hydrogen) atoms. The highest BCUT2D eigenvalue weighted by Crippen LogP contribution is 2.30. The van der Waals surface area contributed by atoms with Crippen LogP contribution in [0.15, 0.2) is 35.5 Å². The molecule has 1 aromatic rings. The molecule has 0 amide bonds. The van der Waals surface area contributed by atoms with Gasteiger partial charge in [0.15, 0.2) is 0 Å². The van der Waals surface area contributed by atoms with Crippen molar-refractivity contribution < 1.29 is 14.7 Å². The van der Waals surface area contributed by atoms with Gasteiger partial charge in [-0.1, -0.05) is 35.5 Å². The van der Waals surface area contributed by atoms with E-state index < -0.39 is 0 Å². The van der Waals surface area contributed by atoms with E-state index >= 15 is 0 Å². The Hall–Kier alpha value is -1.39. The Morgan fingerprint density at radius 1 is 1.35 bits per heavy atom. The molecule has 1 fully saturated rings. The summed E-state index contributed by atoms with van der Waals surface area (Å²) in [7, 11) is 0. The molecule has 1 N–H and O–H groups in total. The molecule has 2 aliphatic rings. The molecule has 3 atom stereocenters. The molecule has 4 nitrogen and oxygen atoms in total. The van der Waals surface area contributed by atoms with E-state index in [-0.39, 0.29) is 18.1 Å². The van der Waals surface area contributed by atoms with Crippen LogP contribution in [-0.2, 0) is 16.2 Å². The Kier molecular flexibility index (Phi) is 2.82. The number of oxime groups is 1. The Morgan fingerprint density at radius 3 is 3.00 bits per heavy atom. The fourth-order valence-electron chi connectivity index (χ4n) is 2.38. The molecule has 0 bridgehead atoms. The first-order valence-electron chi connectivity index (χ1n) is 5.88. The molecule has 0 aromatic heterocycles. The van der Waals surface area contributed by atoms with Crippen molar-refractivity contribution in [3.05, 3.63) is 35.9 Å². The van der Waals surface area contributed by atoms with E-state index in [1.165, 1.54) is 0 Å². The van der Waals surface area contributed by atoms with Gasteiger partial charge in [0, 0.05) is 6.42 Å². The number of ether oxygens (including phenoxy) is 1. The standard InChI is InChI=1S/C13H15NO3/c15-11-6-12(13-10(11)8-17-14-13)16-7-9-4-2-1-3-5-9/h1-5,10-12,15H,6-8H2. The highest BCUT2D eigenvalue weighted by molar-refractivity contribution is 5.94. The lowest BCUT2D eigenvalue weighted by Gasteiger charge is -2.11. The Labute approximate surface area is 99.8 Å². The summed E-state index contributed by atoms with van der Waals surface area (Å²) in [6, 6.07) is 10.0. The number of benzene rings is 1. The first-order valence-corrected chi connectivity index (χ1v) is 5.88. The number of rotatable bonds is 3. The van der Waals surface area contributed by atoms with Gasteiger partial charge in [-0.2, -0.15) is 0 Å². The molecule has 1 heterocycles. The third kappa shape index (κ3) is 2.06. The third-order valence-corrected chi connectivity index (χ3v) is 3.35. The van der Waals surface area contributed by atoms with Crippen molar-refractivity contribution in [2.45, 2.75) is 25.2 Å². The molecule has 0 radical (unpaired) electrons. The molecule has 3 rings (SSSR count). The van der Waals surface area contributed by atoms with Crippen LogP contribution >= 0.6 is 0 Å². The predicted molar refractivity (Wildman–Crippen MR) is 62.5 cm³/mol. The van der Waals surface area contributed by atoms with Crippen molar-refractivity contribution in [1.82, 2.24) is 0 Å². The number of aliphatic hydroxyl groups is 1. The van der Waals surface area contributed by atoms with Crippen LogP contribution in [0, 0.1) is 5.92 Å². The second-order valence-corrected chi connectivity index (χ2v) is 4.51. The van der Waals surface area contributed by atoms with Gasteiger partial charge < -0.3 is 14.7 Å². The maximum absolute atomic E-state index is 9.83. The molecule has 1 aliphatic carbocycles. The van der Waals surface area contributed by atoms with Crippen LogP contribution in [0.3, 0.4) is 0 Å². The maximum atomic E-state index is 9.83. The summed E-state index contributed by atoms with van der Waals surface area (Å²) in [6.07, 6.45) is 0.148. The number of fused-ring (bicyclic) bond motifs is 1. The number of hydrogen-bond donors (Lipinski definition) is 1. The van der Waals surface area contributed by atoms with Crippen LogP contribution in [0.2, 0.25) is 0 Å². The van der Waals surface area contributed by atoms with Crippen molar-refractivity contribution >= 4 is 5.71 Å². The molecule has 0 spiro atoms. The quantitative estimate of drug-likeness (QED) is 0.857. The minimum absolute atomic E-state index is 0.0378. The number of hydrogen-bond acceptors (Lipinski definition) is 4. The monoisotopic (exact) mass is 233 g/mol. The molecule has 3 unspecified atom stereocenters. The first kappa shape index (κ1) is 10.7. The predicted octanol–water partition coefficient (Wildman–Crippen LogP) is 1.34. The summed E-state index contributed by atoms with van der Waals surface area (Å²) >= 11 is 0. The van der Waals surface area contributed by atoms with Crippen LogP contribution in [0.5, 0.6) is 0 Å². The van der Waals surface area contributed by atoms with E-state index in [1.54, 1.807) is 0 Å². The van der Waals surface area contributed by atoms with Crippen LogP contribution < -0.4 is 0 Å². The molecule has 0 saturated heterocycles. The smallest absolute Gasteiger partial charge is 0.127 e. The molecular formula is C13H15NO3. The molecule has 1 aromatic carbocycles. The van der Waals surface area contributed by atoms with Crippen LogP contribution in [0.4, 0.5) is 0 Å². The first-order chi connectivity index (χ1) is 8.34. The summed E-state index contributed by atoms with van der Waals surface area (Å²) in [5.74, 6) is 0.0378. The SMILES string of the molecule is OC1CC(OCc2ccccc2)C2=NOCC21. The highest BCUT2D eigenvalue weighted by Gasteiger charge is 2.43. The fraction of sp³-hybridized carbons (Fsp3) is 0.462. The van der Waals surface area contributed by atoms with Gasteiger partial charge in [-0.05, 0) is 5.56 Å². The summed E-state index contributed by atoms with van der Waals surface area (Å²) in [5, 5.41) is 13.8. The van der Waals surface area contributed by atoms with E-state index in [1.807, 2.05) is 30.3 Å². The molecular weight excluding hydrogens is 218 g/mol. The van der Waals surface area contributed by atoms with E-state index in [0.717, 1.165) is 11.3 Å². The normalized spacial score (nSPS) is 30.9. The van der Waals surface area contributed by atoms with Crippen LogP contribution in [0.25, 0.3) is 0 Å². The summed E-state index contributed by atoms with van der Waals surface area (Å²) < 4.78 is 5.80. The lowest BCUT2D eigenvalue weighted by molar-refractivity contribution is 0.0389. The van der Waals surface area contributed by atoms with Gasteiger partial charge in [-0.3, -0.25) is 0 Å². The van der Waals surface area contributed by atoms with Crippen LogP contribution in [-0.4, -0.2) is 29.6 Å². The van der Waals surface area contributed by atoms with Gasteiger partial charge in [0.05, 0.1) is 24.3 Å². The zero-order valence-electron chi connectivity index (χ0n) is 9.45. The molecule has 4 heteroatoms. The number of aliphatic hydroxyl groups excluding tert-OH is 1. The van der Waals surface area contributed by atoms with Gasteiger partial charge in [0.2, 0.25) is 0 Å². The molecule has 90 valence electrons. The van der Waals surface area contributed by atoms with Crippen molar-refractivity contribution in [1.29, 1.82) is 0 Å². The van der Waals surface area contributed by atoms with Gasteiger partial charge in [-0.25, -0.2) is 0 Å². The minimum Gasteiger partial charge on any atom is -0.395 e. The van der Waals surface area contributed by atoms with Gasteiger partial charge in [0.25, 0.3) is 0 Å². The summed E-state index contributed by atoms with van der Waals surface area (Å²) in [4.78, 5) is 5.01. The van der Waals surface area contributed by atoms with E-state index in [2.05, 4.69) is 5.16 Å². The largest absolute Gasteiger partial charge is 0.395 e. The average Bonchev–Trinajstić information content (AvgIpc) is 2.93. The Morgan fingerprint density at radius 2 is 2.18 bits per heavy atom. The zero-order chi connectivity index (χ0) is 11.7. The summed E-state index contributed by atoms with van der Waals surface area (Å²) in [6.45, 7) is 1.03. The Balaban J connectivity index is 1.63. The lowest BCUT2D eigenvalue weighted by atomic mass is 10.1. The fourth-order valence-corrected chi connectivity index (χ4v) is 2.38. The average molecular weight is 233 g/mol. The van der Waals surface area contributed by atoms with Crippen molar-refractivity contribution in [3.63, 3.8) is 0 Å². The zero-order valence-corrected chi connectivity index (χ0v) is 9.45. The highest BCUT2D eigenvalue weighted by atomic mass is 16.6. The van der Waals surface area contributed by atoms with Gasteiger partial charge in [0.1, 0.15) is 12.7 Å². The van der Waals surface area contributed by atoms with Gasteiger partial charge in [-0.15, -0.1) is 0 Å². The minimum atomic E-state index is -0.378.